The average Bonchev–Trinajstić information content (AvgIpc) is 2.38. The lowest BCUT2D eigenvalue weighted by molar-refractivity contribution is -0.139. The van der Waals surface area contributed by atoms with Gasteiger partial charge in [0.2, 0.25) is 5.91 Å². The summed E-state index contributed by atoms with van der Waals surface area (Å²) in [4.78, 5) is 24.4. The van der Waals surface area contributed by atoms with Crippen molar-refractivity contribution < 1.29 is 14.7 Å². The van der Waals surface area contributed by atoms with Gasteiger partial charge < -0.3 is 10.4 Å². The zero-order valence-corrected chi connectivity index (χ0v) is 13.6. The van der Waals surface area contributed by atoms with Gasteiger partial charge in [0.25, 0.3) is 0 Å². The third-order valence-corrected chi connectivity index (χ3v) is 3.77. The number of carbonyl (C=O) groups is 2. The van der Waals surface area contributed by atoms with Gasteiger partial charge in [0, 0.05) is 6.04 Å². The van der Waals surface area contributed by atoms with Gasteiger partial charge in [-0.15, -0.1) is 0 Å². The lowest BCUT2D eigenvalue weighted by Crippen LogP contribution is -2.41. The average molecular weight is 333 g/mol. The maximum atomic E-state index is 12.1. The molecule has 2 N–H and O–H groups in total. The Morgan fingerprint density at radius 3 is 2.43 bits per heavy atom. The standard InChI is InChI=1S/C14H18Cl2N2O3/c1-8(2)18(7-12(20)21)6-11(19)17-14-10(15)5-4-9(3)13(14)16/h4-5,8H,6-7H2,1-3H3,(H,17,19)(H,20,21). The minimum Gasteiger partial charge on any atom is -0.480 e. The predicted molar refractivity (Wildman–Crippen MR) is 84.2 cm³/mol. The molecule has 1 amide bonds. The van der Waals surface area contributed by atoms with Gasteiger partial charge >= 0.3 is 5.97 Å². The smallest absolute Gasteiger partial charge is 0.317 e. The summed E-state index contributed by atoms with van der Waals surface area (Å²) in [5.41, 5.74) is 1.14. The van der Waals surface area contributed by atoms with Gasteiger partial charge in [-0.1, -0.05) is 29.3 Å². The zero-order valence-electron chi connectivity index (χ0n) is 12.1. The number of anilines is 1. The molecule has 0 aliphatic rings. The van der Waals surface area contributed by atoms with E-state index in [0.29, 0.717) is 15.7 Å². The number of amides is 1. The molecule has 0 bridgehead atoms. The summed E-state index contributed by atoms with van der Waals surface area (Å²) in [7, 11) is 0. The number of hydrogen-bond donors (Lipinski definition) is 2. The summed E-state index contributed by atoms with van der Waals surface area (Å²) in [5.74, 6) is -1.34. The highest BCUT2D eigenvalue weighted by molar-refractivity contribution is 6.40. The van der Waals surface area contributed by atoms with Crippen molar-refractivity contribution in [1.82, 2.24) is 4.90 Å². The van der Waals surface area contributed by atoms with Crippen molar-refractivity contribution in [3.8, 4) is 0 Å². The fourth-order valence-corrected chi connectivity index (χ4v) is 2.19. The van der Waals surface area contributed by atoms with Gasteiger partial charge in [0.1, 0.15) is 0 Å². The normalized spacial score (nSPS) is 11.0. The molecule has 0 unspecified atom stereocenters. The first-order valence-electron chi connectivity index (χ1n) is 6.42. The van der Waals surface area contributed by atoms with Gasteiger partial charge in [-0.05, 0) is 32.4 Å². The number of halogens is 2. The van der Waals surface area contributed by atoms with Gasteiger partial charge in [0.05, 0.1) is 28.8 Å². The maximum absolute atomic E-state index is 12.1. The molecule has 5 nitrogen and oxygen atoms in total. The van der Waals surface area contributed by atoms with E-state index >= 15 is 0 Å². The lowest BCUT2D eigenvalue weighted by atomic mass is 10.2. The van der Waals surface area contributed by atoms with Crippen LogP contribution >= 0.6 is 23.2 Å². The molecular formula is C14H18Cl2N2O3. The van der Waals surface area contributed by atoms with Crippen LogP contribution in [0.3, 0.4) is 0 Å². The summed E-state index contributed by atoms with van der Waals surface area (Å²) < 4.78 is 0. The van der Waals surface area contributed by atoms with E-state index in [0.717, 1.165) is 5.56 Å². The molecule has 1 rings (SSSR count). The van der Waals surface area contributed by atoms with E-state index < -0.39 is 5.97 Å². The third-order valence-electron chi connectivity index (χ3n) is 2.96. The number of hydrogen-bond acceptors (Lipinski definition) is 3. The SMILES string of the molecule is Cc1ccc(Cl)c(NC(=O)CN(CC(=O)O)C(C)C)c1Cl. The molecule has 0 aliphatic carbocycles. The van der Waals surface area contributed by atoms with E-state index in [-0.39, 0.29) is 25.0 Å². The number of nitrogens with one attached hydrogen (secondary N) is 1. The Labute approximate surface area is 133 Å². The van der Waals surface area contributed by atoms with Crippen molar-refractivity contribution in [2.75, 3.05) is 18.4 Å². The fraction of sp³-hybridized carbons (Fsp3) is 0.429. The number of aryl methyl sites for hydroxylation is 1. The van der Waals surface area contributed by atoms with Crippen molar-refractivity contribution >= 4 is 40.8 Å². The molecular weight excluding hydrogens is 315 g/mol. The molecule has 0 aliphatic heterocycles. The Hall–Kier alpha value is -1.30. The predicted octanol–water partition coefficient (Wildman–Crippen LogP) is 3.04. The summed E-state index contributed by atoms with van der Waals surface area (Å²) in [6, 6.07) is 3.33. The topological polar surface area (TPSA) is 69.6 Å². The number of carbonyl (C=O) groups excluding carboxylic acids is 1. The first-order valence-corrected chi connectivity index (χ1v) is 7.18. The van der Waals surface area contributed by atoms with Crippen LogP contribution < -0.4 is 5.32 Å². The molecule has 0 fully saturated rings. The molecule has 0 atom stereocenters. The molecule has 0 heterocycles. The maximum Gasteiger partial charge on any atom is 0.317 e. The van der Waals surface area contributed by atoms with E-state index in [4.69, 9.17) is 28.3 Å². The Bertz CT molecular complexity index is 547. The molecule has 1 aromatic rings. The van der Waals surface area contributed by atoms with Crippen LogP contribution in [-0.2, 0) is 9.59 Å². The molecule has 0 aromatic heterocycles. The van der Waals surface area contributed by atoms with Crippen LogP contribution in [0.25, 0.3) is 0 Å². The Morgan fingerprint density at radius 2 is 1.90 bits per heavy atom. The number of rotatable bonds is 6. The van der Waals surface area contributed by atoms with Gasteiger partial charge in [-0.25, -0.2) is 0 Å². The zero-order chi connectivity index (χ0) is 16.2. The lowest BCUT2D eigenvalue weighted by Gasteiger charge is -2.24. The quantitative estimate of drug-likeness (QED) is 0.840. The largest absolute Gasteiger partial charge is 0.480 e. The second-order valence-corrected chi connectivity index (χ2v) is 5.78. The van der Waals surface area contributed by atoms with E-state index in [1.54, 1.807) is 19.1 Å². The van der Waals surface area contributed by atoms with Crippen LogP contribution in [0.5, 0.6) is 0 Å². The van der Waals surface area contributed by atoms with Crippen LogP contribution in [-0.4, -0.2) is 41.0 Å². The van der Waals surface area contributed by atoms with E-state index in [1.165, 1.54) is 4.90 Å². The number of carboxylic acid groups (broad SMARTS) is 1. The van der Waals surface area contributed by atoms with Crippen LogP contribution in [0.2, 0.25) is 10.0 Å². The molecule has 7 heteroatoms. The summed E-state index contributed by atoms with van der Waals surface area (Å²) >= 11 is 12.1. The molecule has 21 heavy (non-hydrogen) atoms. The molecule has 0 spiro atoms. The Kier molecular flexibility index (Phi) is 6.45. The van der Waals surface area contributed by atoms with Crippen LogP contribution in [0.1, 0.15) is 19.4 Å². The van der Waals surface area contributed by atoms with E-state index in [2.05, 4.69) is 5.32 Å². The number of carboxylic acids is 1. The fourth-order valence-electron chi connectivity index (χ4n) is 1.73. The van der Waals surface area contributed by atoms with E-state index in [9.17, 15) is 9.59 Å². The van der Waals surface area contributed by atoms with Gasteiger partial charge in [-0.2, -0.15) is 0 Å². The first kappa shape index (κ1) is 17.8. The van der Waals surface area contributed by atoms with Crippen molar-refractivity contribution in [1.29, 1.82) is 0 Å². The summed E-state index contributed by atoms with van der Waals surface area (Å²) in [6.07, 6.45) is 0. The highest BCUT2D eigenvalue weighted by Gasteiger charge is 2.18. The second-order valence-electron chi connectivity index (χ2n) is 4.99. The van der Waals surface area contributed by atoms with Gasteiger partial charge in [-0.3, -0.25) is 14.5 Å². The van der Waals surface area contributed by atoms with E-state index in [1.807, 2.05) is 13.8 Å². The Balaban J connectivity index is 2.82. The molecule has 1 aromatic carbocycles. The number of aliphatic carboxylic acids is 1. The van der Waals surface area contributed by atoms with Crippen LogP contribution in [0, 0.1) is 6.92 Å². The molecule has 116 valence electrons. The Morgan fingerprint density at radius 1 is 1.29 bits per heavy atom. The monoisotopic (exact) mass is 332 g/mol. The highest BCUT2D eigenvalue weighted by atomic mass is 35.5. The molecule has 0 radical (unpaired) electrons. The summed E-state index contributed by atoms with van der Waals surface area (Å²) in [5, 5.41) is 12.2. The van der Waals surface area contributed by atoms with Crippen LogP contribution in [0.15, 0.2) is 12.1 Å². The summed E-state index contributed by atoms with van der Waals surface area (Å²) in [6.45, 7) is 5.19. The van der Waals surface area contributed by atoms with Crippen LogP contribution in [0.4, 0.5) is 5.69 Å². The van der Waals surface area contributed by atoms with Crippen molar-refractivity contribution in [2.24, 2.45) is 0 Å². The molecule has 0 saturated heterocycles. The number of benzene rings is 1. The minimum atomic E-state index is -0.983. The molecule has 0 saturated carbocycles. The third kappa shape index (κ3) is 5.19. The number of nitrogens with zero attached hydrogens (tertiary/aromatic N) is 1. The second kappa shape index (κ2) is 7.64. The van der Waals surface area contributed by atoms with Crippen molar-refractivity contribution in [3.63, 3.8) is 0 Å². The van der Waals surface area contributed by atoms with Crippen molar-refractivity contribution in [2.45, 2.75) is 26.8 Å². The van der Waals surface area contributed by atoms with Crippen molar-refractivity contribution in [3.05, 3.63) is 27.7 Å². The highest BCUT2D eigenvalue weighted by Crippen LogP contribution is 2.32. The van der Waals surface area contributed by atoms with Gasteiger partial charge in [0.15, 0.2) is 0 Å². The first-order chi connectivity index (χ1) is 9.72. The minimum absolute atomic E-state index is 0.0510.